The van der Waals surface area contributed by atoms with E-state index in [-0.39, 0.29) is 5.41 Å². The molecule has 0 amide bonds. The highest BCUT2D eigenvalue weighted by Gasteiger charge is 2.50. The molecule has 3 aromatic rings. The number of fused-ring (bicyclic) bond motifs is 3. The molecular formula is C31H34. The van der Waals surface area contributed by atoms with Crippen LogP contribution in [-0.4, -0.2) is 0 Å². The number of benzene rings is 3. The minimum absolute atomic E-state index is 0.154. The molecule has 1 atom stereocenters. The lowest BCUT2D eigenvalue weighted by atomic mass is 9.57. The van der Waals surface area contributed by atoms with Crippen molar-refractivity contribution in [3.63, 3.8) is 0 Å². The van der Waals surface area contributed by atoms with Crippen LogP contribution in [0.25, 0.3) is 11.1 Å². The molecule has 2 aliphatic rings. The maximum Gasteiger partial charge on any atom is 0.0201 e. The molecule has 0 aliphatic heterocycles. The Balaban J connectivity index is 1.72. The summed E-state index contributed by atoms with van der Waals surface area (Å²) < 4.78 is 0. The van der Waals surface area contributed by atoms with E-state index >= 15 is 0 Å². The lowest BCUT2D eigenvalue weighted by molar-refractivity contribution is 0.217. The predicted octanol–water partition coefficient (Wildman–Crippen LogP) is 8.67. The summed E-state index contributed by atoms with van der Waals surface area (Å²) in [6.45, 7) is 3.97. The number of unbranched alkanes of at least 4 members (excludes halogenated alkanes) is 2. The van der Waals surface area contributed by atoms with Gasteiger partial charge in [0.15, 0.2) is 0 Å². The van der Waals surface area contributed by atoms with Gasteiger partial charge in [0.05, 0.1) is 0 Å². The van der Waals surface area contributed by atoms with Gasteiger partial charge < -0.3 is 0 Å². The van der Waals surface area contributed by atoms with Crippen LogP contribution in [0.15, 0.2) is 91.5 Å². The molecule has 31 heavy (non-hydrogen) atoms. The van der Waals surface area contributed by atoms with Gasteiger partial charge in [0.2, 0.25) is 0 Å². The average molecular weight is 407 g/mol. The number of allylic oxidation sites excluding steroid dienone is 1. The summed E-state index contributed by atoms with van der Waals surface area (Å²) in [4.78, 5) is 0. The summed E-state index contributed by atoms with van der Waals surface area (Å²) in [5.74, 6) is 1.18. The van der Waals surface area contributed by atoms with Crippen molar-refractivity contribution in [3.05, 3.63) is 108 Å². The van der Waals surface area contributed by atoms with Crippen molar-refractivity contribution in [2.45, 2.75) is 62.7 Å². The minimum Gasteiger partial charge on any atom is -0.103 e. The van der Waals surface area contributed by atoms with Gasteiger partial charge in [-0.2, -0.15) is 0 Å². The second kappa shape index (κ2) is 8.87. The van der Waals surface area contributed by atoms with Crippen molar-refractivity contribution in [2.75, 3.05) is 0 Å². The van der Waals surface area contributed by atoms with Crippen LogP contribution in [-0.2, 0) is 5.41 Å². The SMILES string of the molecule is C=CCCCCC(c1ccccc1)(C1CCCC1)C1c2ccccc2-c2ccccc21. The monoisotopic (exact) mass is 406 g/mol. The van der Waals surface area contributed by atoms with Crippen molar-refractivity contribution in [2.24, 2.45) is 5.92 Å². The summed E-state index contributed by atoms with van der Waals surface area (Å²) in [5, 5.41) is 0. The van der Waals surface area contributed by atoms with E-state index in [2.05, 4.69) is 91.5 Å². The van der Waals surface area contributed by atoms with Crippen molar-refractivity contribution < 1.29 is 0 Å². The first-order valence-electron chi connectivity index (χ1n) is 12.2. The highest BCUT2D eigenvalue weighted by Crippen LogP contribution is 2.60. The zero-order valence-corrected chi connectivity index (χ0v) is 18.6. The van der Waals surface area contributed by atoms with E-state index in [1.54, 1.807) is 16.7 Å². The highest BCUT2D eigenvalue weighted by molar-refractivity contribution is 5.80. The molecule has 158 valence electrons. The largest absolute Gasteiger partial charge is 0.103 e. The standard InChI is InChI=1S/C31H34/c1-2-3-4-14-23-31(25-17-8-9-18-25,24-15-6-5-7-16-24)30-28-21-12-10-19-26(28)27-20-11-13-22-29(27)30/h2,5-7,10-13,15-16,19-22,25,30H,1,3-4,8-9,14,17-18,23H2. The molecule has 2 aliphatic carbocycles. The molecule has 0 saturated heterocycles. The molecule has 0 radical (unpaired) electrons. The average Bonchev–Trinajstić information content (AvgIpc) is 3.48. The number of rotatable bonds is 8. The first kappa shape index (κ1) is 20.3. The molecule has 1 fully saturated rings. The van der Waals surface area contributed by atoms with E-state index in [0.29, 0.717) is 5.92 Å². The fraction of sp³-hybridized carbons (Fsp3) is 0.355. The first-order chi connectivity index (χ1) is 15.4. The van der Waals surface area contributed by atoms with Crippen molar-refractivity contribution in [1.82, 2.24) is 0 Å². The summed E-state index contributed by atoms with van der Waals surface area (Å²) in [7, 11) is 0. The van der Waals surface area contributed by atoms with Gasteiger partial charge in [0.1, 0.15) is 0 Å². The second-order valence-corrected chi connectivity index (χ2v) is 9.53. The molecular weight excluding hydrogens is 372 g/mol. The van der Waals surface area contributed by atoms with Gasteiger partial charge >= 0.3 is 0 Å². The maximum atomic E-state index is 3.97. The molecule has 0 heteroatoms. The van der Waals surface area contributed by atoms with Crippen LogP contribution < -0.4 is 0 Å². The van der Waals surface area contributed by atoms with Gasteiger partial charge in [-0.05, 0) is 65.8 Å². The van der Waals surface area contributed by atoms with Crippen LogP contribution in [0.5, 0.6) is 0 Å². The van der Waals surface area contributed by atoms with Gasteiger partial charge in [-0.1, -0.05) is 104 Å². The Kier molecular flexibility index (Phi) is 5.81. The van der Waals surface area contributed by atoms with Gasteiger partial charge in [-0.15, -0.1) is 6.58 Å². The van der Waals surface area contributed by atoms with Crippen molar-refractivity contribution in [3.8, 4) is 11.1 Å². The molecule has 3 aromatic carbocycles. The Bertz CT molecular complexity index is 979. The minimum atomic E-state index is 0.154. The van der Waals surface area contributed by atoms with Crippen LogP contribution in [0, 0.1) is 5.92 Å². The van der Waals surface area contributed by atoms with E-state index < -0.39 is 0 Å². The Hall–Kier alpha value is -2.60. The third-order valence-electron chi connectivity index (χ3n) is 7.99. The summed E-state index contributed by atoms with van der Waals surface area (Å²) in [6.07, 6.45) is 12.4. The van der Waals surface area contributed by atoms with E-state index in [9.17, 15) is 0 Å². The quantitative estimate of drug-likeness (QED) is 0.259. The summed E-state index contributed by atoms with van der Waals surface area (Å²) >= 11 is 0. The van der Waals surface area contributed by atoms with E-state index in [4.69, 9.17) is 0 Å². The molecule has 0 bridgehead atoms. The Morgan fingerprint density at radius 2 is 1.32 bits per heavy atom. The van der Waals surface area contributed by atoms with Crippen LogP contribution >= 0.6 is 0 Å². The lowest BCUT2D eigenvalue weighted by Crippen LogP contribution is -2.40. The highest BCUT2D eigenvalue weighted by atomic mass is 14.5. The summed E-state index contributed by atoms with van der Waals surface area (Å²) in [6, 6.07) is 30.0. The van der Waals surface area contributed by atoms with Gasteiger partial charge in [0.25, 0.3) is 0 Å². The topological polar surface area (TPSA) is 0 Å². The Labute approximate surface area is 188 Å². The molecule has 1 saturated carbocycles. The third kappa shape index (κ3) is 3.47. The zero-order chi connectivity index (χ0) is 21.1. The fourth-order valence-corrected chi connectivity index (χ4v) is 6.74. The maximum absolute atomic E-state index is 3.97. The van der Waals surface area contributed by atoms with E-state index in [1.165, 1.54) is 56.1 Å². The Morgan fingerprint density at radius 1 is 0.742 bits per heavy atom. The number of hydrogen-bond donors (Lipinski definition) is 0. The predicted molar refractivity (Wildman–Crippen MR) is 132 cm³/mol. The van der Waals surface area contributed by atoms with Gasteiger partial charge in [-0.25, -0.2) is 0 Å². The Morgan fingerprint density at radius 3 is 1.94 bits per heavy atom. The molecule has 5 rings (SSSR count). The van der Waals surface area contributed by atoms with E-state index in [0.717, 1.165) is 12.3 Å². The molecule has 0 heterocycles. The molecule has 0 nitrogen and oxygen atoms in total. The van der Waals surface area contributed by atoms with Crippen LogP contribution in [0.1, 0.15) is 74.0 Å². The van der Waals surface area contributed by atoms with Gasteiger partial charge in [-0.3, -0.25) is 0 Å². The molecule has 0 aromatic heterocycles. The van der Waals surface area contributed by atoms with Crippen LogP contribution in [0.2, 0.25) is 0 Å². The van der Waals surface area contributed by atoms with Gasteiger partial charge in [0, 0.05) is 11.3 Å². The number of hydrogen-bond acceptors (Lipinski definition) is 0. The molecule has 0 N–H and O–H groups in total. The third-order valence-corrected chi connectivity index (χ3v) is 7.99. The second-order valence-electron chi connectivity index (χ2n) is 9.53. The molecule has 0 spiro atoms. The first-order valence-corrected chi connectivity index (χ1v) is 12.2. The fourth-order valence-electron chi connectivity index (χ4n) is 6.74. The van der Waals surface area contributed by atoms with Crippen LogP contribution in [0.4, 0.5) is 0 Å². The normalized spacial score (nSPS) is 17.8. The van der Waals surface area contributed by atoms with Crippen molar-refractivity contribution in [1.29, 1.82) is 0 Å². The van der Waals surface area contributed by atoms with Crippen LogP contribution in [0.3, 0.4) is 0 Å². The zero-order valence-electron chi connectivity index (χ0n) is 18.6. The lowest BCUT2D eigenvalue weighted by Gasteiger charge is -2.46. The smallest absolute Gasteiger partial charge is 0.0201 e. The molecule has 1 unspecified atom stereocenters. The summed E-state index contributed by atoms with van der Waals surface area (Å²) in [5.41, 5.74) is 7.70. The van der Waals surface area contributed by atoms with Crippen molar-refractivity contribution >= 4 is 0 Å². The van der Waals surface area contributed by atoms with E-state index in [1.807, 2.05) is 0 Å².